The fourth-order valence-electron chi connectivity index (χ4n) is 2.18. The Morgan fingerprint density at radius 1 is 0.958 bits per heavy atom. The molecule has 0 amide bonds. The molecule has 9 heteroatoms. The van der Waals surface area contributed by atoms with Crippen molar-refractivity contribution in [3.05, 3.63) is 60.0 Å². The van der Waals surface area contributed by atoms with Crippen molar-refractivity contribution >= 4 is 26.6 Å². The number of alkyl halides is 3. The summed E-state index contributed by atoms with van der Waals surface area (Å²) in [6.07, 6.45) is -4.52. The van der Waals surface area contributed by atoms with Gasteiger partial charge in [-0.25, -0.2) is 12.8 Å². The molecule has 2 aromatic carbocycles. The van der Waals surface area contributed by atoms with Crippen LogP contribution in [-0.2, 0) is 16.2 Å². The quantitative estimate of drug-likeness (QED) is 0.692. The standard InChI is InChI=1S/C15H10F4N2O2S/c16-10-1-4-12(5-2-10)24(22,23)21-11-3-6-13-9(7-11)8-14(20-13)15(17,18)19/h1-8,20-21H. The van der Waals surface area contributed by atoms with Crippen LogP contribution in [0.15, 0.2) is 53.4 Å². The van der Waals surface area contributed by atoms with Gasteiger partial charge in [0.1, 0.15) is 11.5 Å². The summed E-state index contributed by atoms with van der Waals surface area (Å²) < 4.78 is 77.5. The van der Waals surface area contributed by atoms with Gasteiger partial charge in [0, 0.05) is 16.6 Å². The molecule has 0 atom stereocenters. The van der Waals surface area contributed by atoms with Crippen LogP contribution in [0.3, 0.4) is 0 Å². The molecule has 0 saturated heterocycles. The van der Waals surface area contributed by atoms with Crippen LogP contribution in [0.1, 0.15) is 5.69 Å². The van der Waals surface area contributed by atoms with E-state index in [1.807, 2.05) is 0 Å². The van der Waals surface area contributed by atoms with E-state index in [2.05, 4.69) is 9.71 Å². The van der Waals surface area contributed by atoms with Crippen molar-refractivity contribution in [3.63, 3.8) is 0 Å². The van der Waals surface area contributed by atoms with Crippen LogP contribution in [0, 0.1) is 5.82 Å². The highest BCUT2D eigenvalue weighted by Gasteiger charge is 2.32. The van der Waals surface area contributed by atoms with Gasteiger partial charge in [-0.1, -0.05) is 0 Å². The molecule has 0 saturated carbocycles. The Hall–Kier alpha value is -2.55. The molecule has 3 aromatic rings. The summed E-state index contributed by atoms with van der Waals surface area (Å²) in [4.78, 5) is 2.06. The number of fused-ring (bicyclic) bond motifs is 1. The fourth-order valence-corrected chi connectivity index (χ4v) is 3.23. The van der Waals surface area contributed by atoms with Gasteiger partial charge in [0.15, 0.2) is 0 Å². The second-order valence-electron chi connectivity index (χ2n) is 5.04. The number of anilines is 1. The van der Waals surface area contributed by atoms with Gasteiger partial charge < -0.3 is 4.98 Å². The van der Waals surface area contributed by atoms with Crippen molar-refractivity contribution in [1.82, 2.24) is 4.98 Å². The van der Waals surface area contributed by atoms with Crippen LogP contribution < -0.4 is 4.72 Å². The molecule has 0 aliphatic heterocycles. The van der Waals surface area contributed by atoms with Crippen LogP contribution in [0.25, 0.3) is 10.9 Å². The Bertz CT molecular complexity index is 992. The Morgan fingerprint density at radius 2 is 1.62 bits per heavy atom. The minimum Gasteiger partial charge on any atom is -0.351 e. The summed E-state index contributed by atoms with van der Waals surface area (Å²) in [5, 5.41) is 0.210. The van der Waals surface area contributed by atoms with Gasteiger partial charge in [-0.2, -0.15) is 13.2 Å². The van der Waals surface area contributed by atoms with Gasteiger partial charge in [-0.15, -0.1) is 0 Å². The van der Waals surface area contributed by atoms with Gasteiger partial charge in [-0.05, 0) is 48.5 Å². The molecular weight excluding hydrogens is 348 g/mol. The van der Waals surface area contributed by atoms with Gasteiger partial charge in [0.2, 0.25) is 0 Å². The Morgan fingerprint density at radius 3 is 2.25 bits per heavy atom. The average molecular weight is 358 g/mol. The first-order valence-electron chi connectivity index (χ1n) is 6.63. The van der Waals surface area contributed by atoms with Crippen molar-refractivity contribution in [2.45, 2.75) is 11.1 Å². The van der Waals surface area contributed by atoms with E-state index in [1.165, 1.54) is 18.2 Å². The van der Waals surface area contributed by atoms with Crippen LogP contribution in [0.4, 0.5) is 23.2 Å². The molecule has 0 fully saturated rings. The molecule has 126 valence electrons. The molecule has 0 unspecified atom stereocenters. The minimum atomic E-state index is -4.52. The maximum absolute atomic E-state index is 12.9. The van der Waals surface area contributed by atoms with Crippen molar-refractivity contribution in [2.75, 3.05) is 4.72 Å². The Balaban J connectivity index is 1.93. The fraction of sp³-hybridized carbons (Fsp3) is 0.0667. The highest BCUT2D eigenvalue weighted by atomic mass is 32.2. The van der Waals surface area contributed by atoms with E-state index < -0.39 is 27.7 Å². The molecule has 0 aliphatic rings. The summed E-state index contributed by atoms with van der Waals surface area (Å²) in [5.41, 5.74) is -0.595. The monoisotopic (exact) mass is 358 g/mol. The second kappa shape index (κ2) is 5.52. The SMILES string of the molecule is O=S(=O)(Nc1ccc2[nH]c(C(F)(F)F)cc2c1)c1ccc(F)cc1. The van der Waals surface area contributed by atoms with E-state index >= 15 is 0 Å². The van der Waals surface area contributed by atoms with Gasteiger partial charge in [-0.3, -0.25) is 4.72 Å². The van der Waals surface area contributed by atoms with Gasteiger partial charge >= 0.3 is 6.18 Å². The van der Waals surface area contributed by atoms with Gasteiger partial charge in [0.05, 0.1) is 4.90 Å². The molecule has 4 nitrogen and oxygen atoms in total. The lowest BCUT2D eigenvalue weighted by Crippen LogP contribution is -2.12. The van der Waals surface area contributed by atoms with Crippen molar-refractivity contribution in [2.24, 2.45) is 0 Å². The van der Waals surface area contributed by atoms with Crippen molar-refractivity contribution < 1.29 is 26.0 Å². The third kappa shape index (κ3) is 3.21. The Kier molecular flexibility index (Phi) is 3.75. The van der Waals surface area contributed by atoms with Crippen LogP contribution in [0.2, 0.25) is 0 Å². The molecule has 0 spiro atoms. The molecule has 0 bridgehead atoms. The first-order chi connectivity index (χ1) is 11.1. The summed E-state index contributed by atoms with van der Waals surface area (Å²) in [6.45, 7) is 0. The highest BCUT2D eigenvalue weighted by Crippen LogP contribution is 2.32. The number of hydrogen-bond acceptors (Lipinski definition) is 2. The molecule has 1 aromatic heterocycles. The zero-order valence-electron chi connectivity index (χ0n) is 11.9. The van der Waals surface area contributed by atoms with E-state index in [-0.39, 0.29) is 21.5 Å². The first kappa shape index (κ1) is 16.3. The molecule has 24 heavy (non-hydrogen) atoms. The van der Waals surface area contributed by atoms with E-state index in [0.717, 1.165) is 30.3 Å². The molecule has 2 N–H and O–H groups in total. The van der Waals surface area contributed by atoms with E-state index in [0.29, 0.717) is 0 Å². The highest BCUT2D eigenvalue weighted by molar-refractivity contribution is 7.92. The first-order valence-corrected chi connectivity index (χ1v) is 8.12. The number of halogens is 4. The lowest BCUT2D eigenvalue weighted by Gasteiger charge is -2.08. The summed E-state index contributed by atoms with van der Waals surface area (Å²) in [6, 6.07) is 9.03. The zero-order valence-corrected chi connectivity index (χ0v) is 12.7. The lowest BCUT2D eigenvalue weighted by molar-refractivity contribution is -0.140. The van der Waals surface area contributed by atoms with E-state index in [1.54, 1.807) is 0 Å². The smallest absolute Gasteiger partial charge is 0.351 e. The number of H-pyrrole nitrogens is 1. The minimum absolute atomic E-state index is 0.0968. The number of aromatic nitrogens is 1. The molecule has 1 heterocycles. The van der Waals surface area contributed by atoms with E-state index in [4.69, 9.17) is 0 Å². The number of aromatic amines is 1. The maximum atomic E-state index is 12.9. The number of rotatable bonds is 3. The number of hydrogen-bond donors (Lipinski definition) is 2. The largest absolute Gasteiger partial charge is 0.431 e. The second-order valence-corrected chi connectivity index (χ2v) is 6.72. The lowest BCUT2D eigenvalue weighted by atomic mass is 10.2. The zero-order chi connectivity index (χ0) is 17.5. The molecule has 3 rings (SSSR count). The van der Waals surface area contributed by atoms with Crippen molar-refractivity contribution in [3.8, 4) is 0 Å². The molecule has 0 aliphatic carbocycles. The predicted molar refractivity (Wildman–Crippen MR) is 80.5 cm³/mol. The average Bonchev–Trinajstić information content (AvgIpc) is 2.90. The molecular formula is C15H10F4N2O2S. The maximum Gasteiger partial charge on any atom is 0.431 e. The number of nitrogens with one attached hydrogen (secondary N) is 2. The number of benzene rings is 2. The predicted octanol–water partition coefficient (Wildman–Crippen LogP) is 4.13. The summed E-state index contributed by atoms with van der Waals surface area (Å²) in [5.74, 6) is -0.581. The van der Waals surface area contributed by atoms with Gasteiger partial charge in [0.25, 0.3) is 10.0 Å². The number of sulfonamides is 1. The van der Waals surface area contributed by atoms with E-state index in [9.17, 15) is 26.0 Å². The van der Waals surface area contributed by atoms with Crippen LogP contribution >= 0.6 is 0 Å². The summed E-state index contributed by atoms with van der Waals surface area (Å²) >= 11 is 0. The van der Waals surface area contributed by atoms with Crippen LogP contribution in [0.5, 0.6) is 0 Å². The van der Waals surface area contributed by atoms with Crippen LogP contribution in [-0.4, -0.2) is 13.4 Å². The topological polar surface area (TPSA) is 62.0 Å². The third-order valence-electron chi connectivity index (χ3n) is 3.30. The molecule has 0 radical (unpaired) electrons. The normalized spacial score (nSPS) is 12.5. The third-order valence-corrected chi connectivity index (χ3v) is 4.70. The Labute approximate surface area is 134 Å². The van der Waals surface area contributed by atoms with Crippen molar-refractivity contribution in [1.29, 1.82) is 0 Å². The summed E-state index contributed by atoms with van der Waals surface area (Å²) in [7, 11) is -3.97.